The molecule has 82 valence electrons. The van der Waals surface area contributed by atoms with Crippen molar-refractivity contribution in [2.75, 3.05) is 6.61 Å². The summed E-state index contributed by atoms with van der Waals surface area (Å²) in [6.45, 7) is 0.737. The molecule has 5 fully saturated rings. The molecule has 5 rings (SSSR count). The SMILES string of the molecule is S=C1OCC2(O1)C1CC3CC(C1)CC2C3. The van der Waals surface area contributed by atoms with Crippen molar-refractivity contribution in [3.63, 3.8) is 0 Å². The fourth-order valence-corrected chi connectivity index (χ4v) is 4.98. The zero-order chi connectivity index (χ0) is 10.0. The van der Waals surface area contributed by atoms with E-state index in [1.165, 1.54) is 32.1 Å². The molecule has 3 heteroatoms. The third-order valence-corrected chi connectivity index (χ3v) is 5.41. The maximum Gasteiger partial charge on any atom is 0.353 e. The zero-order valence-electron chi connectivity index (χ0n) is 8.78. The summed E-state index contributed by atoms with van der Waals surface area (Å²) in [5, 5.41) is 0.405. The number of ether oxygens (including phenoxy) is 2. The van der Waals surface area contributed by atoms with Crippen LogP contribution in [0.1, 0.15) is 32.1 Å². The van der Waals surface area contributed by atoms with Gasteiger partial charge in [-0.3, -0.25) is 0 Å². The van der Waals surface area contributed by atoms with Gasteiger partial charge in [-0.2, -0.15) is 0 Å². The lowest BCUT2D eigenvalue weighted by Crippen LogP contribution is -2.59. The van der Waals surface area contributed by atoms with Crippen LogP contribution in [0.25, 0.3) is 0 Å². The van der Waals surface area contributed by atoms with E-state index < -0.39 is 0 Å². The summed E-state index contributed by atoms with van der Waals surface area (Å²) in [6.07, 6.45) is 6.92. The molecule has 0 radical (unpaired) electrons. The van der Waals surface area contributed by atoms with Gasteiger partial charge in [0, 0.05) is 24.1 Å². The Hall–Kier alpha value is -0.310. The summed E-state index contributed by atoms with van der Waals surface area (Å²) in [6, 6.07) is 0. The number of hydrogen-bond acceptors (Lipinski definition) is 3. The van der Waals surface area contributed by atoms with Crippen LogP contribution >= 0.6 is 12.2 Å². The lowest BCUT2D eigenvalue weighted by Gasteiger charge is -2.57. The summed E-state index contributed by atoms with van der Waals surface area (Å²) in [5.74, 6) is 3.43. The molecular weight excluding hydrogens is 208 g/mol. The fraction of sp³-hybridized carbons (Fsp3) is 0.917. The summed E-state index contributed by atoms with van der Waals surface area (Å²) in [7, 11) is 0. The maximum absolute atomic E-state index is 5.93. The van der Waals surface area contributed by atoms with Crippen molar-refractivity contribution >= 4 is 17.5 Å². The Labute approximate surface area is 95.3 Å². The van der Waals surface area contributed by atoms with Gasteiger partial charge in [-0.1, -0.05) is 0 Å². The minimum absolute atomic E-state index is 0.00447. The Morgan fingerprint density at radius 3 is 2.07 bits per heavy atom. The van der Waals surface area contributed by atoms with Crippen LogP contribution in [-0.4, -0.2) is 17.4 Å². The first-order valence-corrected chi connectivity index (χ1v) is 6.53. The first-order valence-electron chi connectivity index (χ1n) is 6.12. The van der Waals surface area contributed by atoms with Gasteiger partial charge in [0.2, 0.25) is 0 Å². The van der Waals surface area contributed by atoms with Gasteiger partial charge in [0.05, 0.1) is 0 Å². The van der Waals surface area contributed by atoms with Gasteiger partial charge in [-0.15, -0.1) is 0 Å². The van der Waals surface area contributed by atoms with Crippen LogP contribution < -0.4 is 0 Å². The Morgan fingerprint density at radius 2 is 1.60 bits per heavy atom. The molecule has 2 nitrogen and oxygen atoms in total. The van der Waals surface area contributed by atoms with Crippen molar-refractivity contribution < 1.29 is 9.47 Å². The molecule has 15 heavy (non-hydrogen) atoms. The third-order valence-electron chi connectivity index (χ3n) is 5.21. The van der Waals surface area contributed by atoms with Crippen LogP contribution in [0.3, 0.4) is 0 Å². The van der Waals surface area contributed by atoms with Gasteiger partial charge in [-0.05, 0) is 43.9 Å². The molecule has 0 unspecified atom stereocenters. The van der Waals surface area contributed by atoms with Gasteiger partial charge >= 0.3 is 5.24 Å². The summed E-state index contributed by atoms with van der Waals surface area (Å²) in [5.41, 5.74) is 0.00447. The molecule has 4 saturated carbocycles. The Morgan fingerprint density at radius 1 is 1.00 bits per heavy atom. The van der Waals surface area contributed by atoms with Crippen LogP contribution in [0, 0.1) is 23.7 Å². The van der Waals surface area contributed by atoms with E-state index in [9.17, 15) is 0 Å². The molecule has 0 atom stereocenters. The summed E-state index contributed by atoms with van der Waals surface area (Å²) in [4.78, 5) is 0. The smallest absolute Gasteiger partial charge is 0.353 e. The van der Waals surface area contributed by atoms with E-state index in [0.29, 0.717) is 5.24 Å². The minimum atomic E-state index is 0.00447. The molecule has 1 aliphatic heterocycles. The lowest BCUT2D eigenvalue weighted by molar-refractivity contribution is -0.149. The molecule has 0 aromatic carbocycles. The van der Waals surface area contributed by atoms with E-state index in [1.54, 1.807) is 0 Å². The zero-order valence-corrected chi connectivity index (χ0v) is 9.59. The fourth-order valence-electron chi connectivity index (χ4n) is 4.77. The number of thiocarbonyl (C=S) groups is 1. The monoisotopic (exact) mass is 224 g/mol. The second kappa shape index (κ2) is 2.68. The Balaban J connectivity index is 1.73. The maximum atomic E-state index is 5.93. The molecule has 1 heterocycles. The van der Waals surface area contributed by atoms with E-state index in [1.807, 2.05) is 0 Å². The van der Waals surface area contributed by atoms with E-state index in [2.05, 4.69) is 0 Å². The number of hydrogen-bond donors (Lipinski definition) is 0. The highest BCUT2D eigenvalue weighted by molar-refractivity contribution is 7.79. The van der Waals surface area contributed by atoms with E-state index in [4.69, 9.17) is 21.7 Å². The average molecular weight is 224 g/mol. The second-order valence-corrected chi connectivity index (χ2v) is 6.23. The highest BCUT2D eigenvalue weighted by atomic mass is 32.1. The molecular formula is C12H16O2S. The van der Waals surface area contributed by atoms with Gasteiger partial charge in [0.25, 0.3) is 0 Å². The molecule has 1 saturated heterocycles. The third kappa shape index (κ3) is 1.03. The molecule has 1 spiro atoms. The van der Waals surface area contributed by atoms with Crippen LogP contribution in [0.5, 0.6) is 0 Å². The van der Waals surface area contributed by atoms with Crippen molar-refractivity contribution in [3.8, 4) is 0 Å². The summed E-state index contributed by atoms with van der Waals surface area (Å²) >= 11 is 5.05. The predicted molar refractivity (Wildman–Crippen MR) is 59.4 cm³/mol. The van der Waals surface area contributed by atoms with Gasteiger partial charge < -0.3 is 9.47 Å². The Bertz CT molecular complexity index is 298. The van der Waals surface area contributed by atoms with E-state index in [-0.39, 0.29) is 5.60 Å². The van der Waals surface area contributed by atoms with Crippen LogP contribution in [0.2, 0.25) is 0 Å². The lowest BCUT2D eigenvalue weighted by atomic mass is 9.50. The topological polar surface area (TPSA) is 18.5 Å². The number of rotatable bonds is 0. The average Bonchev–Trinajstić information content (AvgIpc) is 2.57. The van der Waals surface area contributed by atoms with E-state index >= 15 is 0 Å². The molecule has 0 N–H and O–H groups in total. The van der Waals surface area contributed by atoms with E-state index in [0.717, 1.165) is 30.3 Å². The van der Waals surface area contributed by atoms with Gasteiger partial charge in [0.15, 0.2) is 5.60 Å². The van der Waals surface area contributed by atoms with Crippen molar-refractivity contribution in [2.45, 2.75) is 37.7 Å². The highest BCUT2D eigenvalue weighted by Gasteiger charge is 2.61. The van der Waals surface area contributed by atoms with Crippen molar-refractivity contribution in [1.29, 1.82) is 0 Å². The minimum Gasteiger partial charge on any atom is -0.453 e. The predicted octanol–water partition coefficient (Wildman–Crippen LogP) is 2.51. The molecule has 4 aliphatic carbocycles. The van der Waals surface area contributed by atoms with Crippen molar-refractivity contribution in [3.05, 3.63) is 0 Å². The van der Waals surface area contributed by atoms with Crippen molar-refractivity contribution in [2.24, 2.45) is 23.7 Å². The largest absolute Gasteiger partial charge is 0.453 e. The van der Waals surface area contributed by atoms with Gasteiger partial charge in [-0.25, -0.2) is 0 Å². The van der Waals surface area contributed by atoms with Crippen LogP contribution in [0.15, 0.2) is 0 Å². The molecule has 5 aliphatic rings. The summed E-state index contributed by atoms with van der Waals surface area (Å²) < 4.78 is 11.4. The molecule has 4 bridgehead atoms. The Kier molecular flexibility index (Phi) is 1.57. The first-order chi connectivity index (χ1) is 7.26. The molecule has 0 aromatic rings. The van der Waals surface area contributed by atoms with Gasteiger partial charge in [0.1, 0.15) is 6.61 Å². The van der Waals surface area contributed by atoms with Crippen LogP contribution in [0.4, 0.5) is 0 Å². The van der Waals surface area contributed by atoms with Crippen molar-refractivity contribution in [1.82, 2.24) is 0 Å². The molecule has 0 amide bonds. The second-order valence-electron chi connectivity index (χ2n) is 5.90. The first kappa shape index (κ1) is 8.80. The normalized spacial score (nSPS) is 55.9. The standard InChI is InChI=1S/C12H16O2S/c15-11-13-6-12(14-11)9-2-7-1-8(4-9)5-10(12)3-7/h7-10H,1-6H2. The van der Waals surface area contributed by atoms with Crippen LogP contribution in [-0.2, 0) is 9.47 Å². The highest BCUT2D eigenvalue weighted by Crippen LogP contribution is 2.60. The molecule has 0 aromatic heterocycles. The quantitative estimate of drug-likeness (QED) is 0.589.